The molecule has 0 unspecified atom stereocenters. The molecule has 1 atom stereocenters. The van der Waals surface area contributed by atoms with Gasteiger partial charge in [0.15, 0.2) is 4.80 Å². The topological polar surface area (TPSA) is 100 Å². The SMILES string of the molecule is CCOC(=O)C1=C(C)N=c2s/c(=C/c3ccc(-c4ccc(C(=O)OC(C)C)cc4C)o3)c(=O)n2[C@H]1c1ccc(Cl)cc1. The second-order valence-electron chi connectivity index (χ2n) is 10.0. The number of hydrogen-bond donors (Lipinski definition) is 0. The van der Waals surface area contributed by atoms with E-state index >= 15 is 0 Å². The van der Waals surface area contributed by atoms with Crippen LogP contribution in [0, 0.1) is 6.92 Å². The van der Waals surface area contributed by atoms with E-state index in [2.05, 4.69) is 4.99 Å². The van der Waals surface area contributed by atoms with Gasteiger partial charge in [0.1, 0.15) is 11.5 Å². The van der Waals surface area contributed by atoms with Gasteiger partial charge in [-0.15, -0.1) is 0 Å². The maximum absolute atomic E-state index is 13.8. The largest absolute Gasteiger partial charge is 0.463 e. The molecule has 2 aromatic heterocycles. The third kappa shape index (κ3) is 5.75. The van der Waals surface area contributed by atoms with Gasteiger partial charge in [-0.2, -0.15) is 0 Å². The van der Waals surface area contributed by atoms with Gasteiger partial charge in [-0.25, -0.2) is 14.6 Å². The van der Waals surface area contributed by atoms with Crippen LogP contribution in [0.3, 0.4) is 0 Å². The Bertz CT molecular complexity index is 1900. The number of furan rings is 1. The van der Waals surface area contributed by atoms with E-state index in [9.17, 15) is 14.4 Å². The Hall–Kier alpha value is -4.21. The molecule has 0 saturated carbocycles. The van der Waals surface area contributed by atoms with Crippen LogP contribution < -0.4 is 14.9 Å². The molecule has 0 radical (unpaired) electrons. The van der Waals surface area contributed by atoms with Gasteiger partial charge in [-0.3, -0.25) is 9.36 Å². The van der Waals surface area contributed by atoms with Crippen molar-refractivity contribution < 1.29 is 23.5 Å². The predicted molar refractivity (Wildman–Crippen MR) is 161 cm³/mol. The Morgan fingerprint density at radius 2 is 1.83 bits per heavy atom. The molecule has 0 bridgehead atoms. The number of benzene rings is 2. The lowest BCUT2D eigenvalue weighted by Crippen LogP contribution is -2.39. The molecule has 0 N–H and O–H groups in total. The summed E-state index contributed by atoms with van der Waals surface area (Å²) in [7, 11) is 0. The molecular formula is C32H29ClN2O6S. The fourth-order valence-electron chi connectivity index (χ4n) is 4.81. The summed E-state index contributed by atoms with van der Waals surface area (Å²) >= 11 is 7.34. The Labute approximate surface area is 251 Å². The first kappa shape index (κ1) is 29.3. The molecule has 0 amide bonds. The first-order valence-corrected chi connectivity index (χ1v) is 14.6. The number of rotatable bonds is 7. The van der Waals surface area contributed by atoms with E-state index in [0.717, 1.165) is 11.1 Å². The number of esters is 2. The van der Waals surface area contributed by atoms with Gasteiger partial charge in [0.05, 0.1) is 40.1 Å². The number of carbonyl (C=O) groups excluding carboxylic acids is 2. The van der Waals surface area contributed by atoms with Gasteiger partial charge in [-0.1, -0.05) is 41.1 Å². The molecule has 42 heavy (non-hydrogen) atoms. The van der Waals surface area contributed by atoms with Gasteiger partial charge in [-0.05, 0) is 82.1 Å². The second kappa shape index (κ2) is 12.0. The van der Waals surface area contributed by atoms with Gasteiger partial charge < -0.3 is 13.9 Å². The zero-order chi connectivity index (χ0) is 30.1. The van der Waals surface area contributed by atoms with E-state index in [1.165, 1.54) is 15.9 Å². The highest BCUT2D eigenvalue weighted by Crippen LogP contribution is 2.31. The monoisotopic (exact) mass is 604 g/mol. The van der Waals surface area contributed by atoms with Crippen LogP contribution in [0.15, 0.2) is 80.1 Å². The van der Waals surface area contributed by atoms with Crippen molar-refractivity contribution in [3.8, 4) is 11.3 Å². The summed E-state index contributed by atoms with van der Waals surface area (Å²) in [6, 6.07) is 15.2. The lowest BCUT2D eigenvalue weighted by atomic mass is 9.96. The van der Waals surface area contributed by atoms with Crippen molar-refractivity contribution in [2.75, 3.05) is 6.61 Å². The molecule has 0 aliphatic carbocycles. The summed E-state index contributed by atoms with van der Waals surface area (Å²) in [5.41, 5.74) is 3.31. The Balaban J connectivity index is 1.54. The minimum Gasteiger partial charge on any atom is -0.463 e. The van der Waals surface area contributed by atoms with Crippen LogP contribution in [-0.2, 0) is 14.3 Å². The summed E-state index contributed by atoms with van der Waals surface area (Å²) in [6.07, 6.45) is 1.46. The molecule has 8 nitrogen and oxygen atoms in total. The number of fused-ring (bicyclic) bond motifs is 1. The predicted octanol–water partition coefficient (Wildman–Crippen LogP) is 5.59. The third-order valence-electron chi connectivity index (χ3n) is 6.67. The lowest BCUT2D eigenvalue weighted by Gasteiger charge is -2.24. The van der Waals surface area contributed by atoms with Gasteiger partial charge in [0.2, 0.25) is 0 Å². The molecule has 2 aromatic carbocycles. The fourth-order valence-corrected chi connectivity index (χ4v) is 5.96. The van der Waals surface area contributed by atoms with E-state index in [-0.39, 0.29) is 24.2 Å². The van der Waals surface area contributed by atoms with E-state index in [1.807, 2.05) is 19.1 Å². The van der Waals surface area contributed by atoms with E-state index < -0.39 is 12.0 Å². The zero-order valence-electron chi connectivity index (χ0n) is 23.8. The van der Waals surface area contributed by atoms with Crippen LogP contribution in [0.1, 0.15) is 61.0 Å². The fraction of sp³-hybridized carbons (Fsp3) is 0.250. The van der Waals surface area contributed by atoms with Crippen LogP contribution >= 0.6 is 22.9 Å². The minimum absolute atomic E-state index is 0.193. The van der Waals surface area contributed by atoms with Crippen LogP contribution in [-0.4, -0.2) is 29.2 Å². The quantitative estimate of drug-likeness (QED) is 0.255. The second-order valence-corrected chi connectivity index (χ2v) is 11.5. The standard InChI is InChI=1S/C32H29ClN2O6S/c1-6-39-31(38)27-19(5)34-32-35(28(27)20-7-10-22(33)11-8-20)29(36)26(42-32)16-23-12-14-25(41-23)24-13-9-21(15-18(24)4)30(37)40-17(2)3/h7-17,28H,6H2,1-5H3/b26-16+/t28-/m0/s1. The van der Waals surface area contributed by atoms with Crippen molar-refractivity contribution in [3.63, 3.8) is 0 Å². The van der Waals surface area contributed by atoms with Crippen molar-refractivity contribution in [2.24, 2.45) is 4.99 Å². The number of halogens is 1. The minimum atomic E-state index is -0.726. The Morgan fingerprint density at radius 3 is 2.50 bits per heavy atom. The Kier molecular flexibility index (Phi) is 8.34. The molecule has 4 aromatic rings. The van der Waals surface area contributed by atoms with Crippen molar-refractivity contribution in [2.45, 2.75) is 46.8 Å². The summed E-state index contributed by atoms with van der Waals surface area (Å²) in [5, 5.41) is 0.540. The number of allylic oxidation sites excluding steroid dienone is 1. The smallest absolute Gasteiger partial charge is 0.338 e. The molecule has 1 aliphatic rings. The lowest BCUT2D eigenvalue weighted by molar-refractivity contribution is -0.139. The van der Waals surface area contributed by atoms with Crippen LogP contribution in [0.4, 0.5) is 0 Å². The highest BCUT2D eigenvalue weighted by Gasteiger charge is 2.33. The molecule has 3 heterocycles. The third-order valence-corrected chi connectivity index (χ3v) is 7.91. The van der Waals surface area contributed by atoms with Crippen LogP contribution in [0.5, 0.6) is 0 Å². The van der Waals surface area contributed by atoms with Crippen molar-refractivity contribution in [1.29, 1.82) is 0 Å². The summed E-state index contributed by atoms with van der Waals surface area (Å²) in [6.45, 7) is 9.16. The average Bonchev–Trinajstić information content (AvgIpc) is 3.52. The van der Waals surface area contributed by atoms with Crippen molar-refractivity contribution in [1.82, 2.24) is 4.57 Å². The van der Waals surface area contributed by atoms with E-state index in [4.69, 9.17) is 25.5 Å². The molecule has 1 aliphatic heterocycles. The summed E-state index contributed by atoms with van der Waals surface area (Å²) in [4.78, 5) is 44.2. The number of nitrogens with zero attached hydrogens (tertiary/aromatic N) is 2. The van der Waals surface area contributed by atoms with Gasteiger partial charge >= 0.3 is 11.9 Å². The van der Waals surface area contributed by atoms with Crippen LogP contribution in [0.2, 0.25) is 5.02 Å². The van der Waals surface area contributed by atoms with Crippen LogP contribution in [0.25, 0.3) is 17.4 Å². The van der Waals surface area contributed by atoms with E-state index in [1.54, 1.807) is 76.2 Å². The number of aromatic nitrogens is 1. The molecule has 0 spiro atoms. The molecule has 0 fully saturated rings. The number of ether oxygens (including phenoxy) is 2. The number of thiazole rings is 1. The normalized spacial score (nSPS) is 15.0. The zero-order valence-corrected chi connectivity index (χ0v) is 25.3. The Morgan fingerprint density at radius 1 is 1.10 bits per heavy atom. The molecule has 0 saturated heterocycles. The number of hydrogen-bond acceptors (Lipinski definition) is 8. The molecule has 10 heteroatoms. The molecular weight excluding hydrogens is 576 g/mol. The van der Waals surface area contributed by atoms with Gasteiger partial charge in [0, 0.05) is 16.7 Å². The number of carbonyl (C=O) groups is 2. The highest BCUT2D eigenvalue weighted by molar-refractivity contribution is 7.07. The molecule has 216 valence electrons. The first-order valence-electron chi connectivity index (χ1n) is 13.4. The van der Waals surface area contributed by atoms with Crippen molar-refractivity contribution >= 4 is 41.0 Å². The highest BCUT2D eigenvalue weighted by atomic mass is 35.5. The maximum Gasteiger partial charge on any atom is 0.338 e. The van der Waals surface area contributed by atoms with E-state index in [0.29, 0.717) is 48.3 Å². The van der Waals surface area contributed by atoms with Crippen molar-refractivity contribution in [3.05, 3.63) is 113 Å². The molecule has 5 rings (SSSR count). The maximum atomic E-state index is 13.8. The average molecular weight is 605 g/mol. The first-order chi connectivity index (χ1) is 20.1. The number of aryl methyl sites for hydroxylation is 1. The summed E-state index contributed by atoms with van der Waals surface area (Å²) in [5.74, 6) is 0.160. The van der Waals surface area contributed by atoms with Gasteiger partial charge in [0.25, 0.3) is 5.56 Å². The summed E-state index contributed by atoms with van der Waals surface area (Å²) < 4.78 is 18.6.